The van der Waals surface area contributed by atoms with Crippen LogP contribution in [0.25, 0.3) is 21.7 Å². The lowest BCUT2D eigenvalue weighted by molar-refractivity contribution is -0.145. The number of halogens is 3. The maximum absolute atomic E-state index is 15.0. The number of hydrogen-bond donors (Lipinski definition) is 5. The summed E-state index contributed by atoms with van der Waals surface area (Å²) >= 11 is 2.83. The largest absolute Gasteiger partial charge is 0.480 e. The van der Waals surface area contributed by atoms with Crippen molar-refractivity contribution >= 4 is 57.3 Å². The number of aliphatic hydroxyl groups excluding tert-OH is 1. The Hall–Kier alpha value is -5.64. The van der Waals surface area contributed by atoms with Crippen molar-refractivity contribution in [1.82, 2.24) is 36.1 Å². The van der Waals surface area contributed by atoms with Gasteiger partial charge in [-0.1, -0.05) is 45.0 Å². The molecule has 0 radical (unpaired) electrons. The van der Waals surface area contributed by atoms with Crippen LogP contribution in [-0.4, -0.2) is 126 Å². The Balaban J connectivity index is 0.928. The van der Waals surface area contributed by atoms with Crippen LogP contribution >= 0.6 is 22.7 Å². The number of anilines is 1. The number of hydrogen-bond acceptors (Lipinski definition) is 13. The normalized spacial score (nSPS) is 18.6. The Morgan fingerprint density at radius 1 is 0.971 bits per heavy atom. The number of unbranched alkanes of at least 4 members (excludes halogenated alkanes) is 1. The van der Waals surface area contributed by atoms with Crippen molar-refractivity contribution in [1.29, 1.82) is 0 Å². The van der Waals surface area contributed by atoms with Crippen LogP contribution in [0.5, 0.6) is 5.75 Å². The number of alkyl halides is 1. The lowest BCUT2D eigenvalue weighted by Gasteiger charge is -2.36. The fourth-order valence-corrected chi connectivity index (χ4v) is 9.69. The van der Waals surface area contributed by atoms with Crippen molar-refractivity contribution in [3.8, 4) is 27.4 Å². The first-order chi connectivity index (χ1) is 32.4. The number of carbonyl (C=O) groups excluding carboxylic acids is 5. The van der Waals surface area contributed by atoms with E-state index in [1.165, 1.54) is 33.6 Å². The zero-order valence-corrected chi connectivity index (χ0v) is 40.0. The predicted octanol–water partition coefficient (Wildman–Crippen LogP) is 4.99. The Morgan fingerprint density at radius 2 is 1.66 bits per heavy atom. The second kappa shape index (κ2) is 21.8. The zero-order valence-electron chi connectivity index (χ0n) is 38.4. The Kier molecular flexibility index (Phi) is 16.1. The minimum atomic E-state index is -2.03. The molecule has 7 rings (SSSR count). The molecular formula is C47H57F3N8O8S2. The minimum absolute atomic E-state index is 0.0591. The maximum Gasteiger partial charge on any atom is 0.258 e. The number of likely N-dealkylation sites (tertiary alicyclic amines) is 1. The summed E-state index contributed by atoms with van der Waals surface area (Å²) in [6.07, 6.45) is -0.300. The minimum Gasteiger partial charge on any atom is -0.480 e. The van der Waals surface area contributed by atoms with Crippen molar-refractivity contribution in [2.24, 2.45) is 5.41 Å². The molecule has 1 aliphatic carbocycles. The number of aromatic nitrogens is 2. The van der Waals surface area contributed by atoms with Crippen LogP contribution < -0.4 is 30.9 Å². The fourth-order valence-electron chi connectivity index (χ4n) is 8.00. The van der Waals surface area contributed by atoms with E-state index in [-0.39, 0.29) is 50.9 Å². The lowest BCUT2D eigenvalue weighted by atomic mass is 9.85. The molecule has 21 heteroatoms. The second-order valence-electron chi connectivity index (χ2n) is 18.3. The van der Waals surface area contributed by atoms with Gasteiger partial charge in [-0.3, -0.25) is 24.0 Å². The van der Waals surface area contributed by atoms with Crippen LogP contribution in [-0.2, 0) is 28.7 Å². The molecular weight excluding hydrogens is 926 g/mol. The van der Waals surface area contributed by atoms with Gasteiger partial charge in [-0.15, -0.1) is 22.7 Å². The van der Waals surface area contributed by atoms with E-state index >= 15 is 4.39 Å². The number of nitrogens with zero attached hydrogens (tertiary/aromatic N) is 4. The Morgan fingerprint density at radius 3 is 2.31 bits per heavy atom. The summed E-state index contributed by atoms with van der Waals surface area (Å²) in [5.41, 5.74) is 1.80. The van der Waals surface area contributed by atoms with E-state index in [0.717, 1.165) is 22.2 Å². The number of morpholine rings is 1. The molecule has 3 fully saturated rings. The number of nitrogens with one attached hydrogen (secondary N) is 4. The van der Waals surface area contributed by atoms with Gasteiger partial charge in [0, 0.05) is 50.1 Å². The van der Waals surface area contributed by atoms with Crippen molar-refractivity contribution in [2.45, 2.75) is 96.1 Å². The van der Waals surface area contributed by atoms with Crippen LogP contribution in [0.15, 0.2) is 47.3 Å². The monoisotopic (exact) mass is 982 g/mol. The summed E-state index contributed by atoms with van der Waals surface area (Å²) in [6, 6.07) is 6.48. The highest BCUT2D eigenvalue weighted by molar-refractivity contribution is 7.14. The van der Waals surface area contributed by atoms with Crippen molar-refractivity contribution in [3.05, 3.63) is 70.2 Å². The zero-order chi connectivity index (χ0) is 48.8. The van der Waals surface area contributed by atoms with E-state index in [1.807, 2.05) is 24.0 Å². The smallest absolute Gasteiger partial charge is 0.258 e. The van der Waals surface area contributed by atoms with Gasteiger partial charge >= 0.3 is 0 Å². The summed E-state index contributed by atoms with van der Waals surface area (Å²) in [5.74, 6) is -5.87. The van der Waals surface area contributed by atoms with Gasteiger partial charge in [0.1, 0.15) is 12.1 Å². The lowest BCUT2D eigenvalue weighted by Crippen LogP contribution is -2.59. The van der Waals surface area contributed by atoms with Crippen molar-refractivity contribution in [3.63, 3.8) is 0 Å². The first-order valence-corrected chi connectivity index (χ1v) is 24.4. The molecule has 2 aromatic carbocycles. The maximum atomic E-state index is 15.0. The number of aliphatic hydroxyl groups is 1. The molecule has 5 N–H and O–H groups in total. The Bertz CT molecular complexity index is 2450. The number of thiazole rings is 2. The van der Waals surface area contributed by atoms with Gasteiger partial charge in [-0.05, 0) is 61.3 Å². The van der Waals surface area contributed by atoms with E-state index in [4.69, 9.17) is 9.47 Å². The van der Waals surface area contributed by atoms with Crippen LogP contribution in [0.3, 0.4) is 0 Å². The third-order valence-electron chi connectivity index (χ3n) is 12.1. The summed E-state index contributed by atoms with van der Waals surface area (Å²) in [6.45, 7) is 9.12. The molecule has 3 aliphatic rings. The molecule has 2 aromatic heterocycles. The molecule has 68 heavy (non-hydrogen) atoms. The number of carbonyl (C=O) groups is 5. The van der Waals surface area contributed by atoms with E-state index in [1.54, 1.807) is 43.8 Å². The molecule has 2 aliphatic heterocycles. The summed E-state index contributed by atoms with van der Waals surface area (Å²) in [4.78, 5) is 80.3. The number of amides is 5. The number of aryl methyl sites for hydroxylation is 1. The average molecular weight is 983 g/mol. The molecule has 0 spiro atoms. The number of ether oxygens (including phenoxy) is 2. The topological polar surface area (TPSA) is 204 Å². The standard InChI is InChI=1S/C47H57F3N8O8S2/c1-27-40(68-26-53-27)29-9-7-28(8-10-29)33(54-42(62)35-21-30(59)23-58(35)43(63)41(46(2,3)4)56-44(64)47(50)13-14-47)22-36(60)51-15-5-6-16-52-37(61)24-66-39-31(11-12-32(48)38(39)49)34-25-67-45(55-34)57-17-19-65-20-18-57/h7-12,25-26,30,33,35,41,59H,5-6,13-24H2,1-4H3,(H,51,60)(H,52,61)(H,54,62)(H,56,64)/t30-,33+,35+,41-/m1/s1. The highest BCUT2D eigenvalue weighted by Gasteiger charge is 2.53. The van der Waals surface area contributed by atoms with Crippen LogP contribution in [0.1, 0.15) is 76.6 Å². The third kappa shape index (κ3) is 12.3. The van der Waals surface area contributed by atoms with E-state index in [0.29, 0.717) is 55.5 Å². The quantitative estimate of drug-likeness (QED) is 0.0793. The molecule has 4 heterocycles. The van der Waals surface area contributed by atoms with Gasteiger partial charge in [0.2, 0.25) is 23.5 Å². The number of benzene rings is 2. The van der Waals surface area contributed by atoms with Gasteiger partial charge in [0.25, 0.3) is 11.8 Å². The molecule has 0 bridgehead atoms. The molecule has 5 amide bonds. The van der Waals surface area contributed by atoms with Gasteiger partial charge in [-0.2, -0.15) is 4.39 Å². The second-order valence-corrected chi connectivity index (χ2v) is 20.0. The molecule has 0 unspecified atom stereocenters. The molecule has 4 aromatic rings. The van der Waals surface area contributed by atoms with Gasteiger partial charge in [-0.25, -0.2) is 18.7 Å². The molecule has 1 saturated carbocycles. The Labute approximate surface area is 400 Å². The third-order valence-corrected chi connectivity index (χ3v) is 13.9. The fraction of sp³-hybridized carbons (Fsp3) is 0.511. The van der Waals surface area contributed by atoms with Crippen LogP contribution in [0.2, 0.25) is 0 Å². The van der Waals surface area contributed by atoms with Crippen molar-refractivity contribution < 1.29 is 51.7 Å². The van der Waals surface area contributed by atoms with Gasteiger partial charge in [0.05, 0.1) is 53.6 Å². The number of rotatable bonds is 19. The van der Waals surface area contributed by atoms with Gasteiger partial charge in [0.15, 0.2) is 29.0 Å². The predicted molar refractivity (Wildman–Crippen MR) is 250 cm³/mol. The SMILES string of the molecule is Cc1ncsc1-c1ccc([C@H](CC(=O)NCCCCNC(=O)COc2c(-c3csc(N4CCOCC4)n3)ccc(F)c2F)NC(=O)[C@@H]2C[C@@H](O)CN2C(=O)[C@@H](NC(=O)C2(F)CC2)C(C)(C)C)cc1. The first kappa shape index (κ1) is 50.2. The van der Waals surface area contributed by atoms with Crippen LogP contribution in [0, 0.1) is 24.0 Å². The van der Waals surface area contributed by atoms with Crippen molar-refractivity contribution in [2.75, 3.05) is 57.4 Å². The van der Waals surface area contributed by atoms with E-state index in [2.05, 4.69) is 31.2 Å². The summed E-state index contributed by atoms with van der Waals surface area (Å²) < 4.78 is 55.0. The van der Waals surface area contributed by atoms with E-state index < -0.39 is 88.8 Å². The number of β-amino-alcohol motifs (C(OH)–C–C–N with tert-alkyl or cyclic N) is 1. The highest BCUT2D eigenvalue weighted by atomic mass is 32.1. The van der Waals surface area contributed by atoms with Gasteiger partial charge < -0.3 is 45.6 Å². The summed E-state index contributed by atoms with van der Waals surface area (Å²) in [5, 5.41) is 24.2. The average Bonchev–Trinajstić information content (AvgIpc) is 3.61. The molecule has 2 saturated heterocycles. The first-order valence-electron chi connectivity index (χ1n) is 22.6. The highest BCUT2D eigenvalue weighted by Crippen LogP contribution is 2.41. The summed E-state index contributed by atoms with van der Waals surface area (Å²) in [7, 11) is 0. The van der Waals surface area contributed by atoms with E-state index in [9.17, 15) is 37.9 Å². The molecule has 4 atom stereocenters. The molecule has 16 nitrogen and oxygen atoms in total. The molecule has 366 valence electrons. The van der Waals surface area contributed by atoms with Crippen LogP contribution in [0.4, 0.5) is 18.3 Å².